The maximum atomic E-state index is 5.66. The van der Waals surface area contributed by atoms with Gasteiger partial charge in [-0.1, -0.05) is 11.2 Å². The van der Waals surface area contributed by atoms with Crippen LogP contribution in [0.15, 0.2) is 47.2 Å². The third-order valence-corrected chi connectivity index (χ3v) is 4.92. The second-order valence-electron chi connectivity index (χ2n) is 6.99. The molecule has 3 aromatic rings. The Morgan fingerprint density at radius 2 is 1.81 bits per heavy atom. The first-order valence-electron chi connectivity index (χ1n) is 9.17. The molecule has 2 aliphatic rings. The second kappa shape index (κ2) is 7.00. The van der Waals surface area contributed by atoms with E-state index in [2.05, 4.69) is 32.2 Å². The van der Waals surface area contributed by atoms with Gasteiger partial charge in [-0.15, -0.1) is 0 Å². The SMILES string of the molecule is c1cc(-c2noc(CC3CN(Cc4ccc5c(c4)OCCO5)C3)n2)ccn1. The van der Waals surface area contributed by atoms with E-state index in [1.165, 1.54) is 5.56 Å². The van der Waals surface area contributed by atoms with E-state index in [0.29, 0.717) is 30.8 Å². The first-order chi connectivity index (χ1) is 13.3. The Hall–Kier alpha value is -2.93. The Morgan fingerprint density at radius 3 is 2.67 bits per heavy atom. The number of aromatic nitrogens is 3. The lowest BCUT2D eigenvalue weighted by atomic mass is 9.95. The summed E-state index contributed by atoms with van der Waals surface area (Å²) in [4.78, 5) is 10.9. The summed E-state index contributed by atoms with van der Waals surface area (Å²) < 4.78 is 16.6. The number of benzene rings is 1. The molecule has 2 aromatic heterocycles. The van der Waals surface area contributed by atoms with Gasteiger partial charge < -0.3 is 14.0 Å². The lowest BCUT2D eigenvalue weighted by Crippen LogP contribution is -2.46. The summed E-state index contributed by atoms with van der Waals surface area (Å²) in [6, 6.07) is 9.96. The largest absolute Gasteiger partial charge is 0.486 e. The number of hydrogen-bond acceptors (Lipinski definition) is 7. The van der Waals surface area contributed by atoms with Crippen LogP contribution in [0.3, 0.4) is 0 Å². The molecule has 0 unspecified atom stereocenters. The Balaban J connectivity index is 1.14. The van der Waals surface area contributed by atoms with Crippen molar-refractivity contribution in [2.24, 2.45) is 5.92 Å². The first-order valence-corrected chi connectivity index (χ1v) is 9.17. The van der Waals surface area contributed by atoms with Crippen LogP contribution in [-0.2, 0) is 13.0 Å². The molecule has 0 radical (unpaired) electrons. The maximum Gasteiger partial charge on any atom is 0.227 e. The van der Waals surface area contributed by atoms with E-state index < -0.39 is 0 Å². The molecule has 0 amide bonds. The van der Waals surface area contributed by atoms with Crippen LogP contribution < -0.4 is 9.47 Å². The molecule has 0 aliphatic carbocycles. The summed E-state index contributed by atoms with van der Waals surface area (Å²) >= 11 is 0. The summed E-state index contributed by atoms with van der Waals surface area (Å²) in [5.74, 6) is 3.57. The fourth-order valence-electron chi connectivity index (χ4n) is 3.58. The topological polar surface area (TPSA) is 73.5 Å². The van der Waals surface area contributed by atoms with Crippen LogP contribution in [0.1, 0.15) is 11.5 Å². The molecule has 27 heavy (non-hydrogen) atoms. The zero-order valence-corrected chi connectivity index (χ0v) is 14.9. The third-order valence-electron chi connectivity index (χ3n) is 4.92. The van der Waals surface area contributed by atoms with E-state index in [9.17, 15) is 0 Å². The number of ether oxygens (including phenoxy) is 2. The number of rotatable bonds is 5. The molecule has 0 saturated carbocycles. The predicted molar refractivity (Wildman–Crippen MR) is 97.4 cm³/mol. The summed E-state index contributed by atoms with van der Waals surface area (Å²) in [6.45, 7) is 4.22. The van der Waals surface area contributed by atoms with Crippen molar-refractivity contribution >= 4 is 0 Å². The Labute approximate surface area is 156 Å². The molecule has 0 bridgehead atoms. The monoisotopic (exact) mass is 364 g/mol. The smallest absolute Gasteiger partial charge is 0.227 e. The molecular weight excluding hydrogens is 344 g/mol. The molecule has 0 spiro atoms. The van der Waals surface area contributed by atoms with Crippen LogP contribution in [0.4, 0.5) is 0 Å². The maximum absolute atomic E-state index is 5.66. The zero-order valence-electron chi connectivity index (χ0n) is 14.9. The first kappa shape index (κ1) is 16.3. The van der Waals surface area contributed by atoms with E-state index in [4.69, 9.17) is 14.0 Å². The van der Waals surface area contributed by atoms with Crippen LogP contribution in [0.2, 0.25) is 0 Å². The number of nitrogens with zero attached hydrogens (tertiary/aromatic N) is 4. The van der Waals surface area contributed by atoms with Gasteiger partial charge in [0, 0.05) is 44.0 Å². The van der Waals surface area contributed by atoms with Gasteiger partial charge in [-0.25, -0.2) is 0 Å². The Morgan fingerprint density at radius 1 is 1.00 bits per heavy atom. The second-order valence-corrected chi connectivity index (χ2v) is 6.99. The average Bonchev–Trinajstić information content (AvgIpc) is 3.16. The summed E-state index contributed by atoms with van der Waals surface area (Å²) in [5, 5.41) is 4.07. The normalized spacial score (nSPS) is 16.9. The van der Waals surface area contributed by atoms with Crippen molar-refractivity contribution in [1.29, 1.82) is 0 Å². The molecule has 4 heterocycles. The molecule has 1 fully saturated rings. The lowest BCUT2D eigenvalue weighted by Gasteiger charge is -2.38. The minimum absolute atomic E-state index is 0.549. The van der Waals surface area contributed by atoms with E-state index >= 15 is 0 Å². The summed E-state index contributed by atoms with van der Waals surface area (Å²) in [7, 11) is 0. The molecule has 1 aromatic carbocycles. The fourth-order valence-corrected chi connectivity index (χ4v) is 3.58. The van der Waals surface area contributed by atoms with Gasteiger partial charge in [-0.3, -0.25) is 9.88 Å². The van der Waals surface area contributed by atoms with Crippen LogP contribution in [-0.4, -0.2) is 46.3 Å². The molecule has 1 saturated heterocycles. The van der Waals surface area contributed by atoms with Crippen molar-refractivity contribution in [3.63, 3.8) is 0 Å². The lowest BCUT2D eigenvalue weighted by molar-refractivity contribution is 0.0863. The standard InChI is InChI=1S/C20H20N4O3/c1-2-17-18(26-8-7-25-17)9-14(1)11-24-12-15(13-24)10-19-22-20(23-27-19)16-3-5-21-6-4-16/h1-6,9,15H,7-8,10-13H2. The van der Waals surface area contributed by atoms with Crippen molar-refractivity contribution in [1.82, 2.24) is 20.0 Å². The number of pyridine rings is 1. The highest BCUT2D eigenvalue weighted by Gasteiger charge is 2.29. The Kier molecular flexibility index (Phi) is 4.21. The van der Waals surface area contributed by atoms with Gasteiger partial charge in [-0.2, -0.15) is 4.98 Å². The van der Waals surface area contributed by atoms with E-state index in [1.54, 1.807) is 12.4 Å². The molecular formula is C20H20N4O3. The van der Waals surface area contributed by atoms with Gasteiger partial charge in [0.2, 0.25) is 11.7 Å². The van der Waals surface area contributed by atoms with E-state index in [0.717, 1.165) is 43.1 Å². The summed E-state index contributed by atoms with van der Waals surface area (Å²) in [6.07, 6.45) is 4.27. The molecule has 2 aliphatic heterocycles. The highest BCUT2D eigenvalue weighted by Crippen LogP contribution is 2.32. The van der Waals surface area contributed by atoms with E-state index in [1.807, 2.05) is 18.2 Å². The van der Waals surface area contributed by atoms with Crippen molar-refractivity contribution < 1.29 is 14.0 Å². The molecule has 0 atom stereocenters. The number of likely N-dealkylation sites (tertiary alicyclic amines) is 1. The quantitative estimate of drug-likeness (QED) is 0.689. The molecule has 7 heteroatoms. The number of hydrogen-bond donors (Lipinski definition) is 0. The third kappa shape index (κ3) is 3.50. The van der Waals surface area contributed by atoms with Gasteiger partial charge in [-0.05, 0) is 35.7 Å². The predicted octanol–water partition coefficient (Wildman–Crippen LogP) is 2.58. The molecule has 7 nitrogen and oxygen atoms in total. The van der Waals surface area contributed by atoms with Gasteiger partial charge in [0.1, 0.15) is 13.2 Å². The fraction of sp³-hybridized carbons (Fsp3) is 0.350. The highest BCUT2D eigenvalue weighted by atomic mass is 16.6. The van der Waals surface area contributed by atoms with Crippen molar-refractivity contribution in [3.8, 4) is 22.9 Å². The molecule has 5 rings (SSSR count). The number of fused-ring (bicyclic) bond motifs is 1. The minimum atomic E-state index is 0.549. The van der Waals surface area contributed by atoms with Crippen molar-refractivity contribution in [2.75, 3.05) is 26.3 Å². The van der Waals surface area contributed by atoms with Crippen LogP contribution in [0.25, 0.3) is 11.4 Å². The molecule has 0 N–H and O–H groups in total. The van der Waals surface area contributed by atoms with Crippen LogP contribution in [0.5, 0.6) is 11.5 Å². The average molecular weight is 364 g/mol. The van der Waals surface area contributed by atoms with Gasteiger partial charge in [0.25, 0.3) is 0 Å². The molecule has 138 valence electrons. The van der Waals surface area contributed by atoms with Gasteiger partial charge in [0.05, 0.1) is 0 Å². The van der Waals surface area contributed by atoms with Crippen molar-refractivity contribution in [3.05, 3.63) is 54.2 Å². The van der Waals surface area contributed by atoms with Crippen LogP contribution >= 0.6 is 0 Å². The van der Waals surface area contributed by atoms with Gasteiger partial charge in [0.15, 0.2) is 11.5 Å². The highest BCUT2D eigenvalue weighted by molar-refractivity contribution is 5.52. The van der Waals surface area contributed by atoms with Crippen LogP contribution in [0, 0.1) is 5.92 Å². The summed E-state index contributed by atoms with van der Waals surface area (Å²) in [5.41, 5.74) is 2.17. The van der Waals surface area contributed by atoms with E-state index in [-0.39, 0.29) is 0 Å². The minimum Gasteiger partial charge on any atom is -0.486 e. The van der Waals surface area contributed by atoms with Gasteiger partial charge >= 0.3 is 0 Å². The van der Waals surface area contributed by atoms with Crippen molar-refractivity contribution in [2.45, 2.75) is 13.0 Å². The zero-order chi connectivity index (χ0) is 18.1. The Bertz CT molecular complexity index is 922.